The summed E-state index contributed by atoms with van der Waals surface area (Å²) in [6.45, 7) is 9.49. The van der Waals surface area contributed by atoms with E-state index < -0.39 is 0 Å². The van der Waals surface area contributed by atoms with Crippen LogP contribution < -0.4 is 9.80 Å². The van der Waals surface area contributed by atoms with Crippen LogP contribution in [0.4, 0.5) is 34.1 Å². The molecule has 123 heavy (non-hydrogen) atoms. The SMILES string of the molecule is CC1(C)c2ccccc2-c2ccc(N(c3ccc(-c4ccccc4)cc3)c3cccc(-c4cccc(-c5ccc(-c6ccc7c(c6)oc6c(-c8ccc(N(c9ccc%10c(c9)C(C)(C)c9ccccc9-%10)c9cccc(-c%10cccc(-c%11ccccc%11)c%10)c9-c9ccccc9-c9ccccc9)cc8)cccc67)cc5)c4)c3-c3ccccc3-c3ccccc3)cc21. The fraction of sp³-hybridized carbons (Fsp3) is 0.0500. The average Bonchev–Trinajstić information content (AvgIpc) is 1.56. The summed E-state index contributed by atoms with van der Waals surface area (Å²) in [4.78, 5) is 4.99. The number of anilines is 6. The van der Waals surface area contributed by atoms with Crippen molar-refractivity contribution in [3.05, 3.63) is 471 Å². The summed E-state index contributed by atoms with van der Waals surface area (Å²) < 4.78 is 7.15. The Morgan fingerprint density at radius 1 is 0.179 bits per heavy atom. The lowest BCUT2D eigenvalue weighted by Gasteiger charge is -2.31. The number of para-hydroxylation sites is 1. The second-order valence-electron chi connectivity index (χ2n) is 33.8. The minimum absolute atomic E-state index is 0.207. The molecular formula is C120H86N2O. The molecule has 0 spiro atoms. The van der Waals surface area contributed by atoms with Gasteiger partial charge in [-0.25, -0.2) is 0 Å². The summed E-state index contributed by atoms with van der Waals surface area (Å²) in [5.74, 6) is 0. The molecule has 0 saturated heterocycles. The van der Waals surface area contributed by atoms with Crippen molar-refractivity contribution in [2.45, 2.75) is 38.5 Å². The van der Waals surface area contributed by atoms with Crippen LogP contribution in [0.15, 0.2) is 453 Å². The molecule has 22 rings (SSSR count). The van der Waals surface area contributed by atoms with Gasteiger partial charge in [0.2, 0.25) is 0 Å². The summed E-state index contributed by atoms with van der Waals surface area (Å²) in [7, 11) is 0. The predicted octanol–water partition coefficient (Wildman–Crippen LogP) is 33.5. The molecule has 20 aromatic rings. The van der Waals surface area contributed by atoms with Crippen LogP contribution in [0.3, 0.4) is 0 Å². The Hall–Kier alpha value is -15.4. The van der Waals surface area contributed by atoms with Crippen molar-refractivity contribution in [3.8, 4) is 145 Å². The molecule has 0 unspecified atom stereocenters. The van der Waals surface area contributed by atoms with Gasteiger partial charge in [0.15, 0.2) is 0 Å². The van der Waals surface area contributed by atoms with Gasteiger partial charge in [0.25, 0.3) is 0 Å². The highest BCUT2D eigenvalue weighted by molar-refractivity contribution is 6.11. The van der Waals surface area contributed by atoms with E-state index in [2.05, 4.69) is 486 Å². The van der Waals surface area contributed by atoms with E-state index in [4.69, 9.17) is 4.42 Å². The third kappa shape index (κ3) is 13.0. The van der Waals surface area contributed by atoms with Crippen LogP contribution in [-0.4, -0.2) is 0 Å². The minimum atomic E-state index is -0.230. The Morgan fingerprint density at radius 2 is 0.480 bits per heavy atom. The van der Waals surface area contributed by atoms with E-state index in [9.17, 15) is 0 Å². The zero-order valence-electron chi connectivity index (χ0n) is 69.0. The number of hydrogen-bond acceptors (Lipinski definition) is 3. The number of benzene rings is 19. The predicted molar refractivity (Wildman–Crippen MR) is 518 cm³/mol. The summed E-state index contributed by atoms with van der Waals surface area (Å²) in [5, 5.41) is 2.15. The maximum absolute atomic E-state index is 7.15. The Balaban J connectivity index is 0.621. The average molecular weight is 1570 g/mol. The number of fused-ring (bicyclic) bond motifs is 9. The molecule has 0 aliphatic heterocycles. The molecule has 3 heteroatoms. The monoisotopic (exact) mass is 1570 g/mol. The number of hydrogen-bond donors (Lipinski definition) is 0. The van der Waals surface area contributed by atoms with Gasteiger partial charge in [0, 0.05) is 61.0 Å². The molecule has 0 atom stereocenters. The molecule has 1 heterocycles. The van der Waals surface area contributed by atoms with Gasteiger partial charge in [0.1, 0.15) is 11.2 Å². The maximum atomic E-state index is 7.15. The van der Waals surface area contributed by atoms with Crippen molar-refractivity contribution in [1.82, 2.24) is 0 Å². The van der Waals surface area contributed by atoms with Gasteiger partial charge < -0.3 is 14.2 Å². The first-order chi connectivity index (χ1) is 60.5. The van der Waals surface area contributed by atoms with E-state index >= 15 is 0 Å². The lowest BCUT2D eigenvalue weighted by Crippen LogP contribution is -2.17. The first-order valence-corrected chi connectivity index (χ1v) is 42.8. The van der Waals surface area contributed by atoms with Gasteiger partial charge in [-0.2, -0.15) is 0 Å². The first kappa shape index (κ1) is 73.9. The number of furan rings is 1. The maximum Gasteiger partial charge on any atom is 0.143 e. The van der Waals surface area contributed by atoms with Crippen molar-refractivity contribution in [2.24, 2.45) is 0 Å². The Kier molecular flexibility index (Phi) is 18.3. The van der Waals surface area contributed by atoms with Crippen molar-refractivity contribution < 1.29 is 4.42 Å². The Labute approximate surface area is 719 Å². The molecule has 2 aliphatic rings. The van der Waals surface area contributed by atoms with Gasteiger partial charge in [-0.05, 0) is 235 Å². The molecule has 0 amide bonds. The Morgan fingerprint density at radius 3 is 0.951 bits per heavy atom. The summed E-state index contributed by atoms with van der Waals surface area (Å²) in [6, 6.07) is 166. The molecule has 1 aromatic heterocycles. The molecule has 19 aromatic carbocycles. The van der Waals surface area contributed by atoms with Crippen LogP contribution >= 0.6 is 0 Å². The standard InChI is InChI=1S/C120H86N2O/c1-119(2)109-52-23-21-44-101(109)103-72-69-94(77-111(103)119)121(92-65-60-81(61-66-92)79-30-9-5-10-31-79)113-54-29-49-99(117(113)107-47-20-18-43-97(107)85-36-15-8-16-37-85)91-41-26-39-88(75-91)82-56-58-83(59-57-82)89-64-71-105-108-51-27-50-100(118(108)123-115(105)76-89)86-62-67-93(68-63-86)122(95-70-73-104-102-45-22-24-53-110(102)120(3,4)112(104)78-95)114-55-28-48-98(90-40-25-38-87(74-90)80-32-11-6-12-33-80)116(114)106-46-19-17-42-96(106)84-34-13-7-14-35-84/h5-78H,1-4H3. The zero-order chi connectivity index (χ0) is 82.3. The van der Waals surface area contributed by atoms with E-state index in [0.717, 1.165) is 156 Å². The van der Waals surface area contributed by atoms with Gasteiger partial charge in [-0.1, -0.05) is 392 Å². The summed E-state index contributed by atoms with van der Waals surface area (Å²) >= 11 is 0. The molecule has 2 aliphatic carbocycles. The fourth-order valence-corrected chi connectivity index (χ4v) is 19.8. The van der Waals surface area contributed by atoms with Gasteiger partial charge in [-0.3, -0.25) is 0 Å². The van der Waals surface area contributed by atoms with E-state index in [0.29, 0.717) is 0 Å². The van der Waals surface area contributed by atoms with Crippen LogP contribution in [0.2, 0.25) is 0 Å². The van der Waals surface area contributed by atoms with E-state index in [1.54, 1.807) is 0 Å². The highest BCUT2D eigenvalue weighted by atomic mass is 16.3. The van der Waals surface area contributed by atoms with Crippen LogP contribution in [0.25, 0.3) is 167 Å². The third-order valence-electron chi connectivity index (χ3n) is 26.0. The van der Waals surface area contributed by atoms with Crippen LogP contribution in [0.5, 0.6) is 0 Å². The van der Waals surface area contributed by atoms with Gasteiger partial charge >= 0.3 is 0 Å². The second kappa shape index (κ2) is 30.4. The minimum Gasteiger partial charge on any atom is -0.455 e. The molecule has 0 N–H and O–H groups in total. The third-order valence-corrected chi connectivity index (χ3v) is 26.0. The van der Waals surface area contributed by atoms with Crippen LogP contribution in [-0.2, 0) is 10.8 Å². The molecule has 0 radical (unpaired) electrons. The topological polar surface area (TPSA) is 19.6 Å². The van der Waals surface area contributed by atoms with Crippen molar-refractivity contribution in [3.63, 3.8) is 0 Å². The van der Waals surface area contributed by atoms with Crippen molar-refractivity contribution in [1.29, 1.82) is 0 Å². The molecule has 3 nitrogen and oxygen atoms in total. The highest BCUT2D eigenvalue weighted by Crippen LogP contribution is 2.57. The lowest BCUT2D eigenvalue weighted by molar-refractivity contribution is 0.660. The van der Waals surface area contributed by atoms with Crippen molar-refractivity contribution in [2.75, 3.05) is 9.80 Å². The quantitative estimate of drug-likeness (QED) is 0.0906. The first-order valence-electron chi connectivity index (χ1n) is 42.8. The molecule has 0 fully saturated rings. The van der Waals surface area contributed by atoms with Crippen LogP contribution in [0, 0.1) is 0 Å². The lowest BCUT2D eigenvalue weighted by atomic mass is 9.82. The fourth-order valence-electron chi connectivity index (χ4n) is 19.8. The summed E-state index contributed by atoms with van der Waals surface area (Å²) in [6.07, 6.45) is 0. The number of nitrogens with zero attached hydrogens (tertiary/aromatic N) is 2. The van der Waals surface area contributed by atoms with Gasteiger partial charge in [0.05, 0.1) is 11.4 Å². The molecule has 0 saturated carbocycles. The Bertz CT molecular complexity index is 7440. The van der Waals surface area contributed by atoms with E-state index in [1.807, 2.05) is 0 Å². The molecule has 582 valence electrons. The highest BCUT2D eigenvalue weighted by Gasteiger charge is 2.38. The normalized spacial score (nSPS) is 12.7. The van der Waals surface area contributed by atoms with Crippen LogP contribution in [0.1, 0.15) is 49.9 Å². The van der Waals surface area contributed by atoms with E-state index in [1.165, 1.54) is 66.8 Å². The van der Waals surface area contributed by atoms with Crippen molar-refractivity contribution >= 4 is 56.1 Å². The smallest absolute Gasteiger partial charge is 0.143 e. The molecule has 0 bridgehead atoms. The zero-order valence-corrected chi connectivity index (χ0v) is 69.0. The van der Waals surface area contributed by atoms with E-state index in [-0.39, 0.29) is 10.8 Å². The second-order valence-corrected chi connectivity index (χ2v) is 33.8. The number of rotatable bonds is 17. The summed E-state index contributed by atoms with van der Waals surface area (Å²) in [5.41, 5.74) is 43.2. The largest absolute Gasteiger partial charge is 0.455 e. The molecular weight excluding hydrogens is 1490 g/mol. The van der Waals surface area contributed by atoms with Gasteiger partial charge in [-0.15, -0.1) is 0 Å².